The third-order valence-electron chi connectivity index (χ3n) is 2.80. The summed E-state index contributed by atoms with van der Waals surface area (Å²) in [6.07, 6.45) is 2.39. The Morgan fingerprint density at radius 3 is 2.60 bits per heavy atom. The van der Waals surface area contributed by atoms with Crippen LogP contribution < -0.4 is 10.6 Å². The molecule has 5 heteroatoms. The Balaban J connectivity index is 2.54. The first kappa shape index (κ1) is 15.8. The lowest BCUT2D eigenvalue weighted by molar-refractivity contribution is -0.136. The number of rotatable bonds is 7. The maximum Gasteiger partial charge on any atom is 0.315 e. The van der Waals surface area contributed by atoms with Crippen LogP contribution in [0.25, 0.3) is 0 Å². The van der Waals surface area contributed by atoms with Gasteiger partial charge in [0.15, 0.2) is 0 Å². The fraction of sp³-hybridized carbons (Fsp3) is 0.333. The average molecular weight is 276 g/mol. The highest BCUT2D eigenvalue weighted by atomic mass is 16.4. The minimum absolute atomic E-state index is 0.0155. The summed E-state index contributed by atoms with van der Waals surface area (Å²) in [7, 11) is 0. The van der Waals surface area contributed by atoms with Gasteiger partial charge in [0.1, 0.15) is 0 Å². The van der Waals surface area contributed by atoms with Crippen molar-refractivity contribution in [2.75, 3.05) is 0 Å². The van der Waals surface area contributed by atoms with Crippen LogP contribution in [0.2, 0.25) is 0 Å². The number of urea groups is 1. The Labute approximate surface area is 118 Å². The second kappa shape index (κ2) is 7.99. The SMILES string of the molecule is C=CCC(C)NC(=O)NCc1ccccc1CC(=O)O. The predicted molar refractivity (Wildman–Crippen MR) is 77.4 cm³/mol. The van der Waals surface area contributed by atoms with E-state index >= 15 is 0 Å². The molecule has 5 nitrogen and oxygen atoms in total. The van der Waals surface area contributed by atoms with Crippen LogP contribution in [0.15, 0.2) is 36.9 Å². The molecule has 0 spiro atoms. The predicted octanol–water partition coefficient (Wildman–Crippen LogP) is 2.08. The summed E-state index contributed by atoms with van der Waals surface area (Å²) in [4.78, 5) is 22.4. The molecule has 0 aliphatic heterocycles. The van der Waals surface area contributed by atoms with E-state index in [9.17, 15) is 9.59 Å². The van der Waals surface area contributed by atoms with E-state index in [1.807, 2.05) is 19.1 Å². The average Bonchev–Trinajstić information content (AvgIpc) is 2.37. The zero-order chi connectivity index (χ0) is 15.0. The van der Waals surface area contributed by atoms with Crippen LogP contribution in [0.5, 0.6) is 0 Å². The maximum atomic E-state index is 11.7. The maximum absolute atomic E-state index is 11.7. The van der Waals surface area contributed by atoms with Gasteiger partial charge in [0, 0.05) is 12.6 Å². The molecule has 2 amide bonds. The van der Waals surface area contributed by atoms with Crippen molar-refractivity contribution >= 4 is 12.0 Å². The number of carbonyl (C=O) groups excluding carboxylic acids is 1. The molecule has 1 rings (SSSR count). The monoisotopic (exact) mass is 276 g/mol. The molecule has 0 aliphatic carbocycles. The Bertz CT molecular complexity index is 486. The quantitative estimate of drug-likeness (QED) is 0.667. The number of nitrogens with one attached hydrogen (secondary N) is 2. The number of carboxylic acid groups (broad SMARTS) is 1. The molecular weight excluding hydrogens is 256 g/mol. The van der Waals surface area contributed by atoms with E-state index < -0.39 is 5.97 Å². The van der Waals surface area contributed by atoms with Gasteiger partial charge in [-0.25, -0.2) is 4.79 Å². The van der Waals surface area contributed by atoms with Crippen molar-refractivity contribution in [3.05, 3.63) is 48.0 Å². The summed E-state index contributed by atoms with van der Waals surface area (Å²) < 4.78 is 0. The summed E-state index contributed by atoms with van der Waals surface area (Å²) >= 11 is 0. The normalized spacial score (nSPS) is 11.4. The van der Waals surface area contributed by atoms with Crippen molar-refractivity contribution in [3.8, 4) is 0 Å². The fourth-order valence-electron chi connectivity index (χ4n) is 1.82. The van der Waals surface area contributed by atoms with Gasteiger partial charge >= 0.3 is 12.0 Å². The van der Waals surface area contributed by atoms with E-state index in [2.05, 4.69) is 17.2 Å². The standard InChI is InChI=1S/C15H20N2O3/c1-3-6-11(2)17-15(20)16-10-13-8-5-4-7-12(13)9-14(18)19/h3-5,7-8,11H,1,6,9-10H2,2H3,(H,18,19)(H2,16,17,20). The second-order valence-corrected chi connectivity index (χ2v) is 4.59. The van der Waals surface area contributed by atoms with Gasteiger partial charge in [0.05, 0.1) is 6.42 Å². The molecule has 0 saturated carbocycles. The molecule has 20 heavy (non-hydrogen) atoms. The third kappa shape index (κ3) is 5.56. The van der Waals surface area contributed by atoms with E-state index in [0.717, 1.165) is 5.56 Å². The van der Waals surface area contributed by atoms with Crippen molar-refractivity contribution in [1.29, 1.82) is 0 Å². The summed E-state index contributed by atoms with van der Waals surface area (Å²) in [5.41, 5.74) is 1.51. The highest BCUT2D eigenvalue weighted by Gasteiger charge is 2.08. The molecule has 1 atom stereocenters. The molecule has 1 aromatic carbocycles. The van der Waals surface area contributed by atoms with Gasteiger partial charge in [-0.05, 0) is 24.5 Å². The first-order valence-corrected chi connectivity index (χ1v) is 6.46. The van der Waals surface area contributed by atoms with Gasteiger partial charge in [-0.3, -0.25) is 4.79 Å². The largest absolute Gasteiger partial charge is 0.481 e. The zero-order valence-electron chi connectivity index (χ0n) is 11.6. The van der Waals surface area contributed by atoms with E-state index in [0.29, 0.717) is 18.5 Å². The Morgan fingerprint density at radius 2 is 2.00 bits per heavy atom. The van der Waals surface area contributed by atoms with E-state index in [1.54, 1.807) is 18.2 Å². The van der Waals surface area contributed by atoms with Crippen LogP contribution in [-0.2, 0) is 17.8 Å². The van der Waals surface area contributed by atoms with E-state index in [4.69, 9.17) is 5.11 Å². The topological polar surface area (TPSA) is 78.4 Å². The first-order valence-electron chi connectivity index (χ1n) is 6.46. The highest BCUT2D eigenvalue weighted by molar-refractivity contribution is 5.74. The van der Waals surface area contributed by atoms with Crippen LogP contribution >= 0.6 is 0 Å². The van der Waals surface area contributed by atoms with Crippen LogP contribution in [0, 0.1) is 0 Å². The molecule has 108 valence electrons. The van der Waals surface area contributed by atoms with Gasteiger partial charge in [-0.15, -0.1) is 6.58 Å². The number of benzene rings is 1. The lowest BCUT2D eigenvalue weighted by atomic mass is 10.0. The number of carboxylic acids is 1. The summed E-state index contributed by atoms with van der Waals surface area (Å²) in [6.45, 7) is 5.80. The number of carbonyl (C=O) groups is 2. The summed E-state index contributed by atoms with van der Waals surface area (Å²) in [5, 5.41) is 14.3. The van der Waals surface area contributed by atoms with Crippen molar-refractivity contribution < 1.29 is 14.7 Å². The Morgan fingerprint density at radius 1 is 1.35 bits per heavy atom. The molecule has 0 bridgehead atoms. The molecule has 3 N–H and O–H groups in total. The summed E-state index contributed by atoms with van der Waals surface area (Å²) in [6, 6.07) is 6.91. The molecule has 0 aromatic heterocycles. The first-order chi connectivity index (χ1) is 9.52. The van der Waals surface area contributed by atoms with Gasteiger partial charge < -0.3 is 15.7 Å². The van der Waals surface area contributed by atoms with Gasteiger partial charge in [-0.2, -0.15) is 0 Å². The second-order valence-electron chi connectivity index (χ2n) is 4.59. The van der Waals surface area contributed by atoms with Crippen LogP contribution in [-0.4, -0.2) is 23.1 Å². The minimum Gasteiger partial charge on any atom is -0.481 e. The molecule has 1 unspecified atom stereocenters. The minimum atomic E-state index is -0.887. The molecule has 0 heterocycles. The number of amides is 2. The van der Waals surface area contributed by atoms with Crippen LogP contribution in [0.3, 0.4) is 0 Å². The molecular formula is C15H20N2O3. The summed E-state index contributed by atoms with van der Waals surface area (Å²) in [5.74, 6) is -0.887. The van der Waals surface area contributed by atoms with E-state index in [1.165, 1.54) is 0 Å². The Kier molecular flexibility index (Phi) is 6.29. The van der Waals surface area contributed by atoms with Gasteiger partial charge in [0.2, 0.25) is 0 Å². The van der Waals surface area contributed by atoms with Gasteiger partial charge in [0.25, 0.3) is 0 Å². The lowest BCUT2D eigenvalue weighted by Crippen LogP contribution is -2.40. The molecule has 1 aromatic rings. The molecule has 0 radical (unpaired) electrons. The lowest BCUT2D eigenvalue weighted by Gasteiger charge is -2.14. The van der Waals surface area contributed by atoms with Crippen molar-refractivity contribution in [2.24, 2.45) is 0 Å². The van der Waals surface area contributed by atoms with Crippen molar-refractivity contribution in [1.82, 2.24) is 10.6 Å². The smallest absolute Gasteiger partial charge is 0.315 e. The molecule has 0 fully saturated rings. The third-order valence-corrected chi connectivity index (χ3v) is 2.80. The number of aliphatic carboxylic acids is 1. The number of hydrogen-bond acceptors (Lipinski definition) is 2. The van der Waals surface area contributed by atoms with Crippen molar-refractivity contribution in [3.63, 3.8) is 0 Å². The highest BCUT2D eigenvalue weighted by Crippen LogP contribution is 2.09. The van der Waals surface area contributed by atoms with Crippen LogP contribution in [0.4, 0.5) is 4.79 Å². The fourth-order valence-corrected chi connectivity index (χ4v) is 1.82. The van der Waals surface area contributed by atoms with Crippen LogP contribution in [0.1, 0.15) is 24.5 Å². The zero-order valence-corrected chi connectivity index (χ0v) is 11.6. The number of hydrogen-bond donors (Lipinski definition) is 3. The van der Waals surface area contributed by atoms with Gasteiger partial charge in [-0.1, -0.05) is 30.3 Å². The molecule has 0 aliphatic rings. The van der Waals surface area contributed by atoms with E-state index in [-0.39, 0.29) is 18.5 Å². The van der Waals surface area contributed by atoms with Crippen molar-refractivity contribution in [2.45, 2.75) is 32.4 Å². The molecule has 0 saturated heterocycles. The Hall–Kier alpha value is -2.30.